The van der Waals surface area contributed by atoms with Crippen LogP contribution in [0.3, 0.4) is 0 Å². The standard InChI is InChI=1S/C22H27N3O2S/c1-3-15-28(2,26)25-20-10-9-19(24-13-11-23-12-14-24)16-22(20)27-17-21(25)18-7-5-4-6-8-18/h3-10,15-16,21,23H,2,11-14,17H2,1H3/b15-3+. The molecule has 2 aliphatic rings. The first kappa shape index (κ1) is 18.9. The lowest BCUT2D eigenvalue weighted by Gasteiger charge is -2.40. The van der Waals surface area contributed by atoms with Crippen LogP contribution in [-0.4, -0.2) is 42.9 Å². The normalized spacial score (nSPS) is 21.8. The Labute approximate surface area is 167 Å². The Balaban J connectivity index is 1.76. The smallest absolute Gasteiger partial charge is 0.145 e. The zero-order valence-electron chi connectivity index (χ0n) is 16.2. The van der Waals surface area contributed by atoms with Crippen molar-refractivity contribution in [2.75, 3.05) is 42.0 Å². The second-order valence-electron chi connectivity index (χ2n) is 7.11. The van der Waals surface area contributed by atoms with E-state index in [0.717, 1.165) is 48.9 Å². The SMILES string of the molecule is C=S(=O)(/C=C/C)N1c2ccc(N3CCNCC3)cc2OCC1c1ccccc1. The zero-order chi connectivity index (χ0) is 19.6. The maximum absolute atomic E-state index is 13.5. The Morgan fingerprint density at radius 3 is 2.64 bits per heavy atom. The second-order valence-corrected chi connectivity index (χ2v) is 9.16. The van der Waals surface area contributed by atoms with Crippen LogP contribution in [0.1, 0.15) is 18.5 Å². The Morgan fingerprint density at radius 2 is 1.93 bits per heavy atom. The summed E-state index contributed by atoms with van der Waals surface area (Å²) < 4.78 is 21.6. The van der Waals surface area contributed by atoms with E-state index in [4.69, 9.17) is 4.74 Å². The van der Waals surface area contributed by atoms with Gasteiger partial charge in [0.05, 0.1) is 15.4 Å². The van der Waals surface area contributed by atoms with Gasteiger partial charge in [0.15, 0.2) is 0 Å². The van der Waals surface area contributed by atoms with Crippen molar-refractivity contribution in [1.82, 2.24) is 5.32 Å². The van der Waals surface area contributed by atoms with Crippen molar-refractivity contribution in [2.24, 2.45) is 0 Å². The van der Waals surface area contributed by atoms with Gasteiger partial charge >= 0.3 is 0 Å². The number of piperazine rings is 1. The second kappa shape index (κ2) is 7.89. The highest BCUT2D eigenvalue weighted by Gasteiger charge is 2.33. The summed E-state index contributed by atoms with van der Waals surface area (Å²) in [5.74, 6) is 4.83. The molecule has 2 aromatic carbocycles. The fourth-order valence-electron chi connectivity index (χ4n) is 3.89. The molecule has 1 fully saturated rings. The van der Waals surface area contributed by atoms with E-state index in [-0.39, 0.29) is 6.04 Å². The molecule has 148 valence electrons. The first-order chi connectivity index (χ1) is 13.6. The summed E-state index contributed by atoms with van der Waals surface area (Å²) in [7, 11) is -2.63. The van der Waals surface area contributed by atoms with Crippen molar-refractivity contribution in [3.8, 4) is 5.75 Å². The number of allylic oxidation sites excluding steroid dienone is 1. The number of anilines is 2. The van der Waals surface area contributed by atoms with Gasteiger partial charge in [-0.25, -0.2) is 4.21 Å². The largest absolute Gasteiger partial charge is 0.489 e. The van der Waals surface area contributed by atoms with Gasteiger partial charge in [-0.3, -0.25) is 4.31 Å². The maximum atomic E-state index is 13.5. The minimum atomic E-state index is -2.63. The summed E-state index contributed by atoms with van der Waals surface area (Å²) in [6.07, 6.45) is 1.81. The van der Waals surface area contributed by atoms with Crippen LogP contribution in [0.2, 0.25) is 0 Å². The fraction of sp³-hybridized carbons (Fsp3) is 0.318. The molecule has 0 radical (unpaired) electrons. The highest BCUT2D eigenvalue weighted by molar-refractivity contribution is 8.04. The van der Waals surface area contributed by atoms with Gasteiger partial charge in [0, 0.05) is 43.3 Å². The van der Waals surface area contributed by atoms with Gasteiger partial charge in [0.2, 0.25) is 0 Å². The predicted molar refractivity (Wildman–Crippen MR) is 119 cm³/mol. The van der Waals surface area contributed by atoms with Gasteiger partial charge < -0.3 is 15.0 Å². The summed E-state index contributed by atoms with van der Waals surface area (Å²) in [4.78, 5) is 2.35. The lowest BCUT2D eigenvalue weighted by molar-refractivity contribution is 0.277. The number of rotatable bonds is 4. The van der Waals surface area contributed by atoms with Gasteiger partial charge in [-0.1, -0.05) is 36.4 Å². The first-order valence-corrected chi connectivity index (χ1v) is 11.4. The summed E-state index contributed by atoms with van der Waals surface area (Å²) in [6, 6.07) is 16.1. The quantitative estimate of drug-likeness (QED) is 0.805. The molecule has 1 N–H and O–H groups in total. The van der Waals surface area contributed by atoms with Crippen LogP contribution in [-0.2, 0) is 9.71 Å². The number of nitrogens with one attached hydrogen (secondary N) is 1. The van der Waals surface area contributed by atoms with Gasteiger partial charge in [-0.05, 0) is 30.5 Å². The van der Waals surface area contributed by atoms with Crippen LogP contribution in [0.5, 0.6) is 5.75 Å². The van der Waals surface area contributed by atoms with E-state index in [9.17, 15) is 4.21 Å². The third kappa shape index (κ3) is 3.62. The predicted octanol–water partition coefficient (Wildman–Crippen LogP) is 3.20. The van der Waals surface area contributed by atoms with E-state index in [2.05, 4.69) is 28.2 Å². The molecule has 0 bridgehead atoms. The lowest BCUT2D eigenvalue weighted by Crippen LogP contribution is -2.43. The highest BCUT2D eigenvalue weighted by Crippen LogP contribution is 2.43. The molecule has 0 saturated carbocycles. The van der Waals surface area contributed by atoms with E-state index in [1.54, 1.807) is 5.41 Å². The molecule has 4 rings (SSSR count). The minimum absolute atomic E-state index is 0.153. The number of ether oxygens (including phenoxy) is 1. The summed E-state index contributed by atoms with van der Waals surface area (Å²) in [5.41, 5.74) is 3.04. The Morgan fingerprint density at radius 1 is 1.18 bits per heavy atom. The first-order valence-electron chi connectivity index (χ1n) is 9.67. The van der Waals surface area contributed by atoms with Crippen LogP contribution in [0.4, 0.5) is 11.4 Å². The number of hydrogen-bond acceptors (Lipinski definition) is 4. The number of nitrogens with zero attached hydrogens (tertiary/aromatic N) is 2. The van der Waals surface area contributed by atoms with Gasteiger partial charge in [-0.2, -0.15) is 0 Å². The molecule has 2 aliphatic heterocycles. The average Bonchev–Trinajstić information content (AvgIpc) is 2.73. The fourth-order valence-corrected chi connectivity index (χ4v) is 5.54. The van der Waals surface area contributed by atoms with Gasteiger partial charge in [0.25, 0.3) is 0 Å². The van der Waals surface area contributed by atoms with Crippen LogP contribution in [0.15, 0.2) is 60.0 Å². The number of fused-ring (bicyclic) bond motifs is 1. The van der Waals surface area contributed by atoms with E-state index >= 15 is 0 Å². The molecule has 0 amide bonds. The minimum Gasteiger partial charge on any atom is -0.489 e. The molecule has 0 spiro atoms. The molecular weight excluding hydrogens is 370 g/mol. The van der Waals surface area contributed by atoms with Crippen molar-refractivity contribution in [2.45, 2.75) is 13.0 Å². The molecule has 2 unspecified atom stereocenters. The molecular formula is C22H27N3O2S. The summed E-state index contributed by atoms with van der Waals surface area (Å²) >= 11 is 0. The Kier molecular flexibility index (Phi) is 5.33. The third-order valence-corrected chi connectivity index (χ3v) is 7.02. The third-order valence-electron chi connectivity index (χ3n) is 5.21. The average molecular weight is 398 g/mol. The molecule has 5 nitrogen and oxygen atoms in total. The van der Waals surface area contributed by atoms with Gasteiger partial charge in [0.1, 0.15) is 18.4 Å². The zero-order valence-corrected chi connectivity index (χ0v) is 17.0. The highest BCUT2D eigenvalue weighted by atomic mass is 32.2. The van der Waals surface area contributed by atoms with Crippen LogP contribution in [0, 0.1) is 0 Å². The van der Waals surface area contributed by atoms with Crippen LogP contribution >= 0.6 is 0 Å². The van der Waals surface area contributed by atoms with Gasteiger partial charge in [-0.15, -0.1) is 0 Å². The van der Waals surface area contributed by atoms with E-state index in [1.807, 2.05) is 53.7 Å². The monoisotopic (exact) mass is 397 g/mol. The molecule has 6 heteroatoms. The van der Waals surface area contributed by atoms with E-state index in [1.165, 1.54) is 0 Å². The molecule has 28 heavy (non-hydrogen) atoms. The van der Waals surface area contributed by atoms with Crippen molar-refractivity contribution in [3.05, 3.63) is 65.6 Å². The molecule has 2 aromatic rings. The number of benzene rings is 2. The Bertz CT molecular complexity index is 951. The van der Waals surface area contributed by atoms with Crippen molar-refractivity contribution < 1.29 is 8.95 Å². The lowest BCUT2D eigenvalue weighted by atomic mass is 10.1. The molecule has 0 aliphatic carbocycles. The van der Waals surface area contributed by atoms with Crippen LogP contribution < -0.4 is 19.3 Å². The summed E-state index contributed by atoms with van der Waals surface area (Å²) in [6.45, 7) is 6.21. The molecule has 2 atom stereocenters. The van der Waals surface area contributed by atoms with E-state index < -0.39 is 9.71 Å². The molecule has 1 saturated heterocycles. The Hall–Kier alpha value is -2.44. The maximum Gasteiger partial charge on any atom is 0.145 e. The van der Waals surface area contributed by atoms with Crippen LogP contribution in [0.25, 0.3) is 0 Å². The molecule has 2 heterocycles. The molecule has 0 aromatic heterocycles. The van der Waals surface area contributed by atoms with Crippen molar-refractivity contribution in [1.29, 1.82) is 0 Å². The van der Waals surface area contributed by atoms with Crippen molar-refractivity contribution >= 4 is 27.0 Å². The number of hydrogen-bond donors (Lipinski definition) is 1. The summed E-state index contributed by atoms with van der Waals surface area (Å²) in [5, 5.41) is 5.07. The van der Waals surface area contributed by atoms with Crippen molar-refractivity contribution in [3.63, 3.8) is 0 Å². The van der Waals surface area contributed by atoms with E-state index in [0.29, 0.717) is 6.61 Å². The topological polar surface area (TPSA) is 44.8 Å².